The molecule has 1 fully saturated rings. The van der Waals surface area contributed by atoms with Crippen LogP contribution >= 0.6 is 24.8 Å². The molecular weight excluding hydrogens is 380 g/mol. The lowest BCUT2D eigenvalue weighted by atomic mass is 9.93. The number of piperidine rings is 1. The van der Waals surface area contributed by atoms with E-state index in [0.717, 1.165) is 22.6 Å². The van der Waals surface area contributed by atoms with Gasteiger partial charge in [0.1, 0.15) is 11.2 Å². The summed E-state index contributed by atoms with van der Waals surface area (Å²) in [5, 5.41) is 8.54. The molecule has 2 N–H and O–H groups in total. The molecule has 1 saturated heterocycles. The molecule has 0 atom stereocenters. The van der Waals surface area contributed by atoms with Crippen LogP contribution in [-0.2, 0) is 7.05 Å². The molecule has 0 unspecified atom stereocenters. The highest BCUT2D eigenvalue weighted by molar-refractivity contribution is 5.85. The van der Waals surface area contributed by atoms with Crippen LogP contribution in [0.3, 0.4) is 0 Å². The van der Waals surface area contributed by atoms with Gasteiger partial charge < -0.3 is 10.6 Å². The van der Waals surface area contributed by atoms with E-state index in [1.165, 1.54) is 0 Å². The standard InChI is InChI=1S/C16H20FN7.2ClH/c1-22-9-12(8-20-22)13-10-24-14(2-5-19-24)15(21-13)23-6-3-16(17,11-18)4-7-23;;/h2,5,8-10H,3-4,6-7,11,18H2,1H3;2*1H. The third-order valence-electron chi connectivity index (χ3n) is 4.70. The molecule has 0 aromatic carbocycles. The molecule has 3 aromatic heterocycles. The molecule has 4 rings (SSSR count). The quantitative estimate of drug-likeness (QED) is 0.727. The lowest BCUT2D eigenvalue weighted by Gasteiger charge is -2.36. The van der Waals surface area contributed by atoms with Crippen molar-refractivity contribution < 1.29 is 4.39 Å². The number of alkyl halides is 1. The van der Waals surface area contributed by atoms with E-state index in [1.807, 2.05) is 30.0 Å². The fraction of sp³-hybridized carbons (Fsp3) is 0.438. The fourth-order valence-corrected chi connectivity index (χ4v) is 3.16. The Balaban J connectivity index is 0.00000121. The molecule has 1 aliphatic heterocycles. The number of aryl methyl sites for hydroxylation is 1. The number of hydrogen-bond acceptors (Lipinski definition) is 5. The second-order valence-corrected chi connectivity index (χ2v) is 6.36. The Bertz CT molecular complexity index is 870. The molecule has 7 nitrogen and oxygen atoms in total. The number of anilines is 1. The van der Waals surface area contributed by atoms with E-state index < -0.39 is 5.67 Å². The van der Waals surface area contributed by atoms with Crippen molar-refractivity contribution in [3.8, 4) is 11.3 Å². The van der Waals surface area contributed by atoms with Gasteiger partial charge in [-0.05, 0) is 6.07 Å². The predicted octanol–water partition coefficient (Wildman–Crippen LogP) is 2.24. The van der Waals surface area contributed by atoms with Crippen molar-refractivity contribution >= 4 is 36.1 Å². The maximum absolute atomic E-state index is 14.4. The van der Waals surface area contributed by atoms with Crippen LogP contribution in [0.4, 0.5) is 10.2 Å². The van der Waals surface area contributed by atoms with E-state index in [4.69, 9.17) is 10.7 Å². The average Bonchev–Trinajstić information content (AvgIpc) is 3.23. The predicted molar refractivity (Wildman–Crippen MR) is 104 cm³/mol. The Hall–Kier alpha value is -1.90. The first-order valence-corrected chi connectivity index (χ1v) is 8.05. The summed E-state index contributed by atoms with van der Waals surface area (Å²) in [6.07, 6.45) is 8.17. The summed E-state index contributed by atoms with van der Waals surface area (Å²) in [5.41, 5.74) is 6.95. The van der Waals surface area contributed by atoms with Gasteiger partial charge in [-0.1, -0.05) is 0 Å². The van der Waals surface area contributed by atoms with Gasteiger partial charge in [0, 0.05) is 51.3 Å². The molecular formula is C16H22Cl2FN7. The summed E-state index contributed by atoms with van der Waals surface area (Å²) in [6.45, 7) is 1.27. The number of nitrogens with two attached hydrogens (primary N) is 1. The Labute approximate surface area is 163 Å². The highest BCUT2D eigenvalue weighted by Gasteiger charge is 2.34. The normalized spacial score (nSPS) is 16.2. The first-order valence-electron chi connectivity index (χ1n) is 8.05. The lowest BCUT2D eigenvalue weighted by molar-refractivity contribution is 0.135. The lowest BCUT2D eigenvalue weighted by Crippen LogP contribution is -2.46. The molecule has 0 aliphatic carbocycles. The summed E-state index contributed by atoms with van der Waals surface area (Å²) in [5.74, 6) is 0.827. The van der Waals surface area contributed by atoms with Gasteiger partial charge in [0.2, 0.25) is 0 Å². The zero-order valence-corrected chi connectivity index (χ0v) is 16.0. The third kappa shape index (κ3) is 3.62. The zero-order valence-electron chi connectivity index (χ0n) is 14.4. The highest BCUT2D eigenvalue weighted by atomic mass is 35.5. The van der Waals surface area contributed by atoms with Crippen LogP contribution in [0.2, 0.25) is 0 Å². The van der Waals surface area contributed by atoms with E-state index >= 15 is 0 Å². The monoisotopic (exact) mass is 401 g/mol. The Morgan fingerprint density at radius 2 is 1.92 bits per heavy atom. The number of halogens is 3. The van der Waals surface area contributed by atoms with Crippen molar-refractivity contribution in [2.24, 2.45) is 12.8 Å². The minimum absolute atomic E-state index is 0. The van der Waals surface area contributed by atoms with Crippen LogP contribution < -0.4 is 10.6 Å². The molecule has 1 aliphatic rings. The largest absolute Gasteiger partial charge is 0.355 e. The summed E-state index contributed by atoms with van der Waals surface area (Å²) in [6, 6.07) is 1.93. The first-order chi connectivity index (χ1) is 11.6. The smallest absolute Gasteiger partial charge is 0.155 e. The molecule has 0 radical (unpaired) electrons. The minimum atomic E-state index is -1.26. The van der Waals surface area contributed by atoms with Crippen LogP contribution in [0.1, 0.15) is 12.8 Å². The molecule has 0 spiro atoms. The second-order valence-electron chi connectivity index (χ2n) is 6.36. The zero-order chi connectivity index (χ0) is 16.7. The van der Waals surface area contributed by atoms with Gasteiger partial charge in [-0.15, -0.1) is 24.8 Å². The molecule has 26 heavy (non-hydrogen) atoms. The van der Waals surface area contributed by atoms with Crippen molar-refractivity contribution in [3.05, 3.63) is 30.9 Å². The van der Waals surface area contributed by atoms with Crippen LogP contribution in [0.5, 0.6) is 0 Å². The van der Waals surface area contributed by atoms with Crippen molar-refractivity contribution in [2.45, 2.75) is 18.5 Å². The van der Waals surface area contributed by atoms with Gasteiger partial charge in [0.25, 0.3) is 0 Å². The van der Waals surface area contributed by atoms with Gasteiger partial charge in [0.15, 0.2) is 5.82 Å². The van der Waals surface area contributed by atoms with Crippen molar-refractivity contribution in [1.82, 2.24) is 24.4 Å². The van der Waals surface area contributed by atoms with Crippen LogP contribution in [0.25, 0.3) is 16.8 Å². The number of hydrogen-bond donors (Lipinski definition) is 1. The Morgan fingerprint density at radius 3 is 2.54 bits per heavy atom. The van der Waals surface area contributed by atoms with Gasteiger partial charge in [-0.25, -0.2) is 13.9 Å². The second kappa shape index (κ2) is 7.77. The van der Waals surface area contributed by atoms with Gasteiger partial charge in [0.05, 0.1) is 24.3 Å². The molecule has 3 aromatic rings. The van der Waals surface area contributed by atoms with Gasteiger partial charge in [-0.3, -0.25) is 4.68 Å². The summed E-state index contributed by atoms with van der Waals surface area (Å²) < 4.78 is 17.9. The molecule has 142 valence electrons. The summed E-state index contributed by atoms with van der Waals surface area (Å²) in [7, 11) is 1.87. The van der Waals surface area contributed by atoms with E-state index in [9.17, 15) is 4.39 Å². The van der Waals surface area contributed by atoms with Crippen LogP contribution in [-0.4, -0.2) is 49.7 Å². The van der Waals surface area contributed by atoms with Crippen LogP contribution in [0.15, 0.2) is 30.9 Å². The van der Waals surface area contributed by atoms with E-state index in [1.54, 1.807) is 17.1 Å². The SMILES string of the molecule is Cl.Cl.Cn1cc(-c2cn3nccc3c(N3CCC(F)(CN)CC3)n2)cn1. The summed E-state index contributed by atoms with van der Waals surface area (Å²) >= 11 is 0. The number of aromatic nitrogens is 5. The topological polar surface area (TPSA) is 77.3 Å². The average molecular weight is 402 g/mol. The molecule has 0 saturated carbocycles. The Morgan fingerprint density at radius 1 is 1.19 bits per heavy atom. The molecule has 4 heterocycles. The maximum atomic E-state index is 14.4. The van der Waals surface area contributed by atoms with Crippen LogP contribution in [0, 0.1) is 0 Å². The summed E-state index contributed by atoms with van der Waals surface area (Å²) in [4.78, 5) is 6.93. The van der Waals surface area contributed by atoms with Crippen molar-refractivity contribution in [1.29, 1.82) is 0 Å². The highest BCUT2D eigenvalue weighted by Crippen LogP contribution is 2.31. The molecule has 10 heteroatoms. The maximum Gasteiger partial charge on any atom is 0.155 e. The Kier molecular flexibility index (Phi) is 6.10. The van der Waals surface area contributed by atoms with E-state index in [2.05, 4.69) is 15.1 Å². The molecule has 0 amide bonds. The number of rotatable bonds is 3. The fourth-order valence-electron chi connectivity index (χ4n) is 3.16. The third-order valence-corrected chi connectivity index (χ3v) is 4.70. The van der Waals surface area contributed by atoms with E-state index in [0.29, 0.717) is 25.9 Å². The number of nitrogens with zero attached hydrogens (tertiary/aromatic N) is 6. The van der Waals surface area contributed by atoms with Gasteiger partial charge >= 0.3 is 0 Å². The van der Waals surface area contributed by atoms with Gasteiger partial charge in [-0.2, -0.15) is 10.2 Å². The molecule has 0 bridgehead atoms. The van der Waals surface area contributed by atoms with Crippen molar-refractivity contribution in [2.75, 3.05) is 24.5 Å². The first kappa shape index (κ1) is 20.4. The number of fused-ring (bicyclic) bond motifs is 1. The minimum Gasteiger partial charge on any atom is -0.355 e. The van der Waals surface area contributed by atoms with Crippen molar-refractivity contribution in [3.63, 3.8) is 0 Å². The van der Waals surface area contributed by atoms with E-state index in [-0.39, 0.29) is 31.4 Å².